The predicted molar refractivity (Wildman–Crippen MR) is 79.8 cm³/mol. The van der Waals surface area contributed by atoms with Crippen LogP contribution in [0.25, 0.3) is 11.0 Å². The lowest BCUT2D eigenvalue weighted by atomic mass is 10.2. The molecule has 0 saturated heterocycles. The lowest BCUT2D eigenvalue weighted by molar-refractivity contribution is 0.706. The molecule has 0 bridgehead atoms. The summed E-state index contributed by atoms with van der Waals surface area (Å²) in [5.41, 5.74) is 4.83. The number of hydrogen-bond donors (Lipinski definition) is 1. The molecule has 4 heteroatoms. The molecule has 1 N–H and O–H groups in total. The maximum atomic E-state index is 5.42. The van der Waals surface area contributed by atoms with Gasteiger partial charge < -0.3 is 9.55 Å². The van der Waals surface area contributed by atoms with Crippen LogP contribution in [-0.4, -0.2) is 14.5 Å². The Morgan fingerprint density at radius 3 is 2.79 bits per heavy atom. The van der Waals surface area contributed by atoms with Crippen LogP contribution in [0.15, 0.2) is 42.7 Å². The van der Waals surface area contributed by atoms with Crippen molar-refractivity contribution in [3.8, 4) is 0 Å². The summed E-state index contributed by atoms with van der Waals surface area (Å²) >= 11 is 5.42. The number of aryl methyl sites for hydroxylation is 3. The second-order valence-electron chi connectivity index (χ2n) is 4.66. The van der Waals surface area contributed by atoms with Crippen molar-refractivity contribution >= 4 is 23.3 Å². The number of aromatic amines is 1. The van der Waals surface area contributed by atoms with Crippen molar-refractivity contribution < 1.29 is 0 Å². The number of aromatic nitrogens is 3. The van der Waals surface area contributed by atoms with Crippen LogP contribution < -0.4 is 0 Å². The van der Waals surface area contributed by atoms with Gasteiger partial charge >= 0.3 is 0 Å². The Balaban J connectivity index is 1.95. The number of imidazole rings is 1. The van der Waals surface area contributed by atoms with Gasteiger partial charge in [-0.05, 0) is 54.9 Å². The minimum Gasteiger partial charge on any atom is -0.330 e. The number of benzene rings is 1. The third-order valence-electron chi connectivity index (χ3n) is 3.39. The summed E-state index contributed by atoms with van der Waals surface area (Å²) in [5.74, 6) is 0. The van der Waals surface area contributed by atoms with Gasteiger partial charge in [0.05, 0.1) is 11.0 Å². The minimum atomic E-state index is 0.790. The van der Waals surface area contributed by atoms with E-state index in [1.165, 1.54) is 16.6 Å². The van der Waals surface area contributed by atoms with E-state index >= 15 is 0 Å². The normalized spacial score (nSPS) is 11.0. The fourth-order valence-electron chi connectivity index (χ4n) is 2.34. The van der Waals surface area contributed by atoms with Crippen LogP contribution in [0.5, 0.6) is 0 Å². The number of para-hydroxylation sites is 1. The van der Waals surface area contributed by atoms with Gasteiger partial charge in [-0.1, -0.05) is 12.1 Å². The molecule has 0 atom stereocenters. The molecule has 0 fully saturated rings. The summed E-state index contributed by atoms with van der Waals surface area (Å²) in [6, 6.07) is 10.4. The topological polar surface area (TPSA) is 33.6 Å². The first kappa shape index (κ1) is 12.1. The van der Waals surface area contributed by atoms with Gasteiger partial charge in [-0.25, -0.2) is 0 Å². The third kappa shape index (κ3) is 2.31. The van der Waals surface area contributed by atoms with Crippen molar-refractivity contribution in [2.45, 2.75) is 19.9 Å². The molecular formula is C15H15N3S. The number of rotatable bonds is 3. The van der Waals surface area contributed by atoms with Gasteiger partial charge in [0, 0.05) is 18.9 Å². The van der Waals surface area contributed by atoms with Crippen LogP contribution in [-0.2, 0) is 13.0 Å². The van der Waals surface area contributed by atoms with Crippen LogP contribution >= 0.6 is 12.2 Å². The van der Waals surface area contributed by atoms with Gasteiger partial charge in [-0.2, -0.15) is 0 Å². The highest BCUT2D eigenvalue weighted by Crippen LogP contribution is 2.18. The van der Waals surface area contributed by atoms with Crippen LogP contribution in [0.1, 0.15) is 11.1 Å². The fraction of sp³-hybridized carbons (Fsp3) is 0.200. The zero-order valence-corrected chi connectivity index (χ0v) is 11.6. The number of hydrogen-bond acceptors (Lipinski definition) is 2. The van der Waals surface area contributed by atoms with Crippen LogP contribution in [0, 0.1) is 11.7 Å². The van der Waals surface area contributed by atoms with E-state index in [0.29, 0.717) is 0 Å². The Morgan fingerprint density at radius 1 is 1.21 bits per heavy atom. The molecule has 3 rings (SSSR count). The molecule has 3 aromatic rings. The van der Waals surface area contributed by atoms with Crippen molar-refractivity contribution in [1.82, 2.24) is 14.5 Å². The summed E-state index contributed by atoms with van der Waals surface area (Å²) in [7, 11) is 0. The predicted octanol–water partition coefficient (Wildman–Crippen LogP) is 3.65. The first-order valence-electron chi connectivity index (χ1n) is 6.33. The summed E-state index contributed by atoms with van der Waals surface area (Å²) in [6.07, 6.45) is 4.61. The molecule has 0 amide bonds. The second-order valence-corrected chi connectivity index (χ2v) is 5.04. The zero-order valence-electron chi connectivity index (χ0n) is 10.8. The van der Waals surface area contributed by atoms with E-state index in [-0.39, 0.29) is 0 Å². The van der Waals surface area contributed by atoms with Gasteiger partial charge in [0.15, 0.2) is 4.77 Å². The molecule has 19 heavy (non-hydrogen) atoms. The summed E-state index contributed by atoms with van der Waals surface area (Å²) < 4.78 is 2.95. The van der Waals surface area contributed by atoms with E-state index in [1.807, 2.05) is 24.5 Å². The van der Waals surface area contributed by atoms with Crippen molar-refractivity contribution in [3.63, 3.8) is 0 Å². The summed E-state index contributed by atoms with van der Waals surface area (Å²) in [6.45, 7) is 2.98. The number of pyridine rings is 1. The Morgan fingerprint density at radius 2 is 2.00 bits per heavy atom. The molecule has 0 spiro atoms. The SMILES string of the molecule is Cc1cccc2c1[nH]c(=S)n2CCc1ccncc1. The van der Waals surface area contributed by atoms with Gasteiger partial charge in [0.2, 0.25) is 0 Å². The van der Waals surface area contributed by atoms with Crippen molar-refractivity contribution in [2.75, 3.05) is 0 Å². The summed E-state index contributed by atoms with van der Waals surface area (Å²) in [4.78, 5) is 7.33. The molecule has 0 unspecified atom stereocenters. The molecule has 2 heterocycles. The van der Waals surface area contributed by atoms with E-state index < -0.39 is 0 Å². The molecule has 0 aliphatic rings. The number of fused-ring (bicyclic) bond motifs is 1. The quantitative estimate of drug-likeness (QED) is 0.736. The van der Waals surface area contributed by atoms with Crippen molar-refractivity contribution in [1.29, 1.82) is 0 Å². The third-order valence-corrected chi connectivity index (χ3v) is 3.71. The smallest absolute Gasteiger partial charge is 0.178 e. The monoisotopic (exact) mass is 269 g/mol. The molecule has 0 saturated carbocycles. The highest BCUT2D eigenvalue weighted by atomic mass is 32.1. The first-order chi connectivity index (χ1) is 9.25. The average molecular weight is 269 g/mol. The summed E-state index contributed by atoms with van der Waals surface area (Å²) in [5, 5.41) is 0. The molecule has 3 nitrogen and oxygen atoms in total. The molecule has 0 radical (unpaired) electrons. The van der Waals surface area contributed by atoms with Crippen LogP contribution in [0.2, 0.25) is 0 Å². The lowest BCUT2D eigenvalue weighted by Gasteiger charge is -2.05. The van der Waals surface area contributed by atoms with E-state index in [2.05, 4.69) is 39.7 Å². The fourth-order valence-corrected chi connectivity index (χ4v) is 2.63. The Labute approximate surface area is 116 Å². The van der Waals surface area contributed by atoms with Crippen LogP contribution in [0.4, 0.5) is 0 Å². The van der Waals surface area contributed by atoms with Crippen molar-refractivity contribution in [3.05, 3.63) is 58.6 Å². The van der Waals surface area contributed by atoms with Gasteiger partial charge in [-0.15, -0.1) is 0 Å². The largest absolute Gasteiger partial charge is 0.330 e. The van der Waals surface area contributed by atoms with E-state index in [0.717, 1.165) is 23.3 Å². The standard InChI is InChI=1S/C15H15N3S/c1-11-3-2-4-13-14(11)17-15(19)18(13)10-7-12-5-8-16-9-6-12/h2-6,8-9H,7,10H2,1H3,(H,17,19). The van der Waals surface area contributed by atoms with Crippen molar-refractivity contribution in [2.24, 2.45) is 0 Å². The minimum absolute atomic E-state index is 0.790. The van der Waals surface area contributed by atoms with E-state index in [9.17, 15) is 0 Å². The number of nitrogens with zero attached hydrogens (tertiary/aromatic N) is 2. The van der Waals surface area contributed by atoms with E-state index in [1.54, 1.807) is 0 Å². The Bertz CT molecular complexity index is 756. The van der Waals surface area contributed by atoms with Gasteiger partial charge in [-0.3, -0.25) is 4.98 Å². The first-order valence-corrected chi connectivity index (χ1v) is 6.73. The van der Waals surface area contributed by atoms with E-state index in [4.69, 9.17) is 12.2 Å². The molecule has 1 aromatic carbocycles. The lowest BCUT2D eigenvalue weighted by Crippen LogP contribution is -2.01. The molecule has 96 valence electrons. The van der Waals surface area contributed by atoms with Gasteiger partial charge in [0.25, 0.3) is 0 Å². The van der Waals surface area contributed by atoms with Crippen LogP contribution in [0.3, 0.4) is 0 Å². The number of H-pyrrole nitrogens is 1. The molecular weight excluding hydrogens is 254 g/mol. The molecule has 2 aromatic heterocycles. The zero-order chi connectivity index (χ0) is 13.2. The number of nitrogens with one attached hydrogen (secondary N) is 1. The highest BCUT2D eigenvalue weighted by molar-refractivity contribution is 7.71. The maximum Gasteiger partial charge on any atom is 0.178 e. The maximum absolute atomic E-state index is 5.42. The second kappa shape index (κ2) is 4.97. The molecule has 0 aliphatic carbocycles. The highest BCUT2D eigenvalue weighted by Gasteiger charge is 2.05. The van der Waals surface area contributed by atoms with Gasteiger partial charge in [0.1, 0.15) is 0 Å². The average Bonchev–Trinajstić information content (AvgIpc) is 2.75. The Hall–Kier alpha value is -1.94. The Kier molecular flexibility index (Phi) is 3.17. The molecule has 0 aliphatic heterocycles.